The second-order valence-electron chi connectivity index (χ2n) is 11.0. The summed E-state index contributed by atoms with van der Waals surface area (Å²) in [7, 11) is -8.10. The number of nitro groups is 1. The maximum atomic E-state index is 12.7. The summed E-state index contributed by atoms with van der Waals surface area (Å²) >= 11 is 11.4. The number of ether oxygens (including phenoxy) is 2. The van der Waals surface area contributed by atoms with E-state index in [4.69, 9.17) is 47.6 Å². The Kier molecular flexibility index (Phi) is 19.9. The van der Waals surface area contributed by atoms with Gasteiger partial charge < -0.3 is 24.4 Å². The van der Waals surface area contributed by atoms with Crippen molar-refractivity contribution in [3.8, 4) is 11.5 Å². The van der Waals surface area contributed by atoms with E-state index in [1.165, 1.54) is 0 Å². The molecule has 0 radical (unpaired) electrons. The molecule has 0 saturated carbocycles. The first-order chi connectivity index (χ1) is 25.8. The molecule has 3 aromatic carbocycles. The normalized spacial score (nSPS) is 11.3. The Labute approximate surface area is 329 Å². The topological polar surface area (TPSA) is 252 Å². The van der Waals surface area contributed by atoms with Crippen LogP contribution in [0, 0.1) is 17.0 Å². The SMILES string of the molecule is CCOCN(C(=O)CCl)c1c(C)cccc1CC.CS(=O)(=O)NC(=O)c1cc(Oc2ccc(C(F)(F)F)cc2Cl)ccc1[N+](=O)[O-].O=C(O)CNCP(=O)(O)O. The standard InChI is InChI=1S/C15H10ClF3N2O6S.C14H20ClNO2.C3H8NO5P/c1-28(25,26)20-14(22)10-7-9(3-4-12(10)21(23)24)27-13-5-2-8(6-11(13)16)15(17,18)19;1-4-12-8-6-7-11(3)14(12)16(10-18-5-2)13(17)9-15;5-3(6)1-4-2-10(7,8)9/h2-7H,1H3,(H,20,22);6-8H,4-5,9-10H2,1-3H3;4H,1-2H2,(H,5,6)(H2,7,8,9). The number of nitro benzene ring substituents is 1. The first-order valence-electron chi connectivity index (χ1n) is 15.7. The van der Waals surface area contributed by atoms with Crippen LogP contribution in [0.15, 0.2) is 54.6 Å². The third-order valence-corrected chi connectivity index (χ3v) is 8.30. The zero-order valence-corrected chi connectivity index (χ0v) is 33.2. The first kappa shape index (κ1) is 49.7. The van der Waals surface area contributed by atoms with Gasteiger partial charge in [0, 0.05) is 18.7 Å². The van der Waals surface area contributed by atoms with Crippen LogP contribution in [-0.4, -0.2) is 84.3 Å². The number of halogens is 5. The number of sulfonamides is 1. The van der Waals surface area contributed by atoms with E-state index >= 15 is 0 Å². The van der Waals surface area contributed by atoms with Gasteiger partial charge in [0.15, 0.2) is 0 Å². The van der Waals surface area contributed by atoms with E-state index in [2.05, 4.69) is 12.2 Å². The Morgan fingerprint density at radius 1 is 1.07 bits per heavy atom. The van der Waals surface area contributed by atoms with Crippen molar-refractivity contribution in [1.29, 1.82) is 0 Å². The van der Waals surface area contributed by atoms with E-state index in [0.717, 1.165) is 47.5 Å². The number of hydrogen-bond acceptors (Lipinski definition) is 11. The van der Waals surface area contributed by atoms with E-state index < -0.39 is 75.3 Å². The maximum Gasteiger partial charge on any atom is 0.416 e. The van der Waals surface area contributed by atoms with E-state index in [-0.39, 0.29) is 30.0 Å². The quantitative estimate of drug-likeness (QED) is 0.0406. The molecule has 17 nitrogen and oxygen atoms in total. The van der Waals surface area contributed by atoms with Crippen LogP contribution >= 0.6 is 30.8 Å². The number of nitrogens with one attached hydrogen (secondary N) is 2. The van der Waals surface area contributed by atoms with Gasteiger partial charge in [-0.1, -0.05) is 36.7 Å². The maximum absolute atomic E-state index is 12.7. The molecule has 0 aliphatic carbocycles. The molecule has 0 spiro atoms. The number of aliphatic carboxylic acids is 1. The first-order valence-corrected chi connectivity index (χ1v) is 20.3. The lowest BCUT2D eigenvalue weighted by atomic mass is 10.0. The number of para-hydroxylation sites is 1. The molecule has 3 aromatic rings. The monoisotopic (exact) mass is 876 g/mol. The fourth-order valence-corrected chi connectivity index (χ4v) is 5.46. The predicted octanol–water partition coefficient (Wildman–Crippen LogP) is 5.67. The van der Waals surface area contributed by atoms with Crippen LogP contribution < -0.4 is 19.7 Å². The molecular formula is C32H38Cl2F3N4O13PS. The summed E-state index contributed by atoms with van der Waals surface area (Å²) in [4.78, 5) is 61.9. The molecule has 0 unspecified atom stereocenters. The largest absolute Gasteiger partial charge is 0.480 e. The average molecular weight is 878 g/mol. The van der Waals surface area contributed by atoms with Crippen LogP contribution in [0.3, 0.4) is 0 Å². The number of hydrogen-bond donors (Lipinski definition) is 5. The van der Waals surface area contributed by atoms with Crippen molar-refractivity contribution in [3.05, 3.63) is 92.0 Å². The summed E-state index contributed by atoms with van der Waals surface area (Å²) in [6.07, 6.45) is -3.67. The van der Waals surface area contributed by atoms with Crippen LogP contribution in [0.5, 0.6) is 11.5 Å². The lowest BCUT2D eigenvalue weighted by Gasteiger charge is -2.25. The van der Waals surface area contributed by atoms with E-state index in [9.17, 15) is 50.7 Å². The summed E-state index contributed by atoms with van der Waals surface area (Å²) in [5.74, 6) is -2.99. The molecule has 0 aliphatic heterocycles. The van der Waals surface area contributed by atoms with Gasteiger partial charge in [-0.2, -0.15) is 13.2 Å². The smallest absolute Gasteiger partial charge is 0.416 e. The number of aryl methyl sites for hydroxylation is 2. The Morgan fingerprint density at radius 3 is 2.20 bits per heavy atom. The molecule has 0 bridgehead atoms. The van der Waals surface area contributed by atoms with Crippen LogP contribution in [-0.2, 0) is 41.5 Å². The molecule has 2 amide bonds. The minimum absolute atomic E-state index is 0.0371. The van der Waals surface area contributed by atoms with Crippen LogP contribution in [0.4, 0.5) is 24.5 Å². The number of amides is 2. The van der Waals surface area contributed by atoms with Gasteiger partial charge in [-0.3, -0.25) is 39.3 Å². The number of anilines is 1. The molecule has 310 valence electrons. The van der Waals surface area contributed by atoms with Crippen molar-refractivity contribution in [1.82, 2.24) is 10.0 Å². The zero-order valence-electron chi connectivity index (χ0n) is 30.0. The van der Waals surface area contributed by atoms with Gasteiger partial charge in [0.05, 0.1) is 40.3 Å². The van der Waals surface area contributed by atoms with Crippen molar-refractivity contribution in [3.63, 3.8) is 0 Å². The molecule has 0 atom stereocenters. The van der Waals surface area contributed by atoms with Gasteiger partial charge in [-0.25, -0.2) is 13.1 Å². The predicted molar refractivity (Wildman–Crippen MR) is 200 cm³/mol. The Hall–Kier alpha value is -4.34. The number of carboxylic acid groups (broad SMARTS) is 1. The molecule has 3 rings (SSSR count). The molecular weight excluding hydrogens is 839 g/mol. The van der Waals surface area contributed by atoms with Gasteiger partial charge in [0.25, 0.3) is 11.6 Å². The average Bonchev–Trinajstić information content (AvgIpc) is 3.08. The fourth-order valence-electron chi connectivity index (χ4n) is 4.25. The van der Waals surface area contributed by atoms with Crippen molar-refractivity contribution in [2.45, 2.75) is 33.4 Å². The summed E-state index contributed by atoms with van der Waals surface area (Å²) in [6, 6.07) is 11.1. The number of alkyl halides is 4. The second-order valence-corrected chi connectivity index (χ2v) is 15.1. The number of nitrogens with zero attached hydrogens (tertiary/aromatic N) is 2. The van der Waals surface area contributed by atoms with Crippen LogP contribution in [0.2, 0.25) is 5.02 Å². The summed E-state index contributed by atoms with van der Waals surface area (Å²) in [5, 5.41) is 20.7. The fraction of sp³-hybridized carbons (Fsp3) is 0.344. The van der Waals surface area contributed by atoms with Gasteiger partial charge in [-0.15, -0.1) is 11.6 Å². The molecule has 0 aliphatic rings. The highest BCUT2D eigenvalue weighted by Gasteiger charge is 2.31. The van der Waals surface area contributed by atoms with Gasteiger partial charge >= 0.3 is 19.7 Å². The molecule has 0 saturated heterocycles. The zero-order chi connectivity index (χ0) is 43.0. The molecule has 0 heterocycles. The molecule has 0 aromatic heterocycles. The summed E-state index contributed by atoms with van der Waals surface area (Å²) in [6.45, 7) is 6.35. The highest BCUT2D eigenvalue weighted by Crippen LogP contribution is 2.37. The molecule has 56 heavy (non-hydrogen) atoms. The third kappa shape index (κ3) is 17.6. The lowest BCUT2D eigenvalue weighted by Crippen LogP contribution is -2.35. The highest BCUT2D eigenvalue weighted by molar-refractivity contribution is 7.89. The second kappa shape index (κ2) is 22.4. The van der Waals surface area contributed by atoms with Gasteiger partial charge in [-0.05, 0) is 55.7 Å². The minimum atomic E-state index is -4.62. The molecule has 0 fully saturated rings. The molecule has 5 N–H and O–H groups in total. The number of benzene rings is 3. The van der Waals surface area contributed by atoms with Crippen molar-refractivity contribution in [2.75, 3.05) is 43.2 Å². The number of carboxylic acids is 1. The number of carbonyl (C=O) groups excluding carboxylic acids is 2. The van der Waals surface area contributed by atoms with Crippen LogP contribution in [0.1, 0.15) is 40.9 Å². The van der Waals surface area contributed by atoms with Crippen molar-refractivity contribution >= 4 is 70.0 Å². The highest BCUT2D eigenvalue weighted by atomic mass is 35.5. The van der Waals surface area contributed by atoms with Gasteiger partial charge in [0.1, 0.15) is 29.7 Å². The summed E-state index contributed by atoms with van der Waals surface area (Å²) in [5.41, 5.74) is 0.782. The van der Waals surface area contributed by atoms with Gasteiger partial charge in [0.2, 0.25) is 15.9 Å². The van der Waals surface area contributed by atoms with Crippen molar-refractivity contribution < 1.29 is 69.8 Å². The number of rotatable bonds is 15. The number of carbonyl (C=O) groups is 3. The molecule has 24 heteroatoms. The van der Waals surface area contributed by atoms with E-state index in [1.807, 2.05) is 32.0 Å². The summed E-state index contributed by atoms with van der Waals surface area (Å²) < 4.78 is 82.7. The van der Waals surface area contributed by atoms with E-state index in [0.29, 0.717) is 25.0 Å². The van der Waals surface area contributed by atoms with Crippen molar-refractivity contribution in [2.24, 2.45) is 0 Å². The Bertz CT molecular complexity index is 2020. The van der Waals surface area contributed by atoms with Crippen LogP contribution in [0.25, 0.3) is 0 Å². The Balaban J connectivity index is 0.000000477. The minimum Gasteiger partial charge on any atom is -0.480 e. The van der Waals surface area contributed by atoms with E-state index in [1.54, 1.807) is 9.62 Å². The third-order valence-electron chi connectivity index (χ3n) is 6.58. The Morgan fingerprint density at radius 2 is 1.71 bits per heavy atom. The lowest BCUT2D eigenvalue weighted by molar-refractivity contribution is -0.385.